The zero-order valence-corrected chi connectivity index (χ0v) is 24.6. The number of aryl methyl sites for hydroxylation is 2. The summed E-state index contributed by atoms with van der Waals surface area (Å²) in [5.74, 6) is 2.18. The van der Waals surface area contributed by atoms with Gasteiger partial charge in [-0.2, -0.15) is 0 Å². The minimum Gasteiger partial charge on any atom is -0.493 e. The van der Waals surface area contributed by atoms with E-state index in [9.17, 15) is 4.79 Å². The highest BCUT2D eigenvalue weighted by Gasteiger charge is 2.28. The van der Waals surface area contributed by atoms with Gasteiger partial charge in [0, 0.05) is 25.3 Å². The molecule has 41 heavy (non-hydrogen) atoms. The van der Waals surface area contributed by atoms with Crippen molar-refractivity contribution < 1.29 is 14.2 Å². The van der Waals surface area contributed by atoms with E-state index in [4.69, 9.17) is 14.2 Å². The van der Waals surface area contributed by atoms with Gasteiger partial charge in [0.15, 0.2) is 17.3 Å². The molecular weight excluding hydrogens is 520 g/mol. The SMILES string of the molecule is CC[C@@H](c1nnnn1C[C@H]1CCCO1)N(CCc1ccc(OC)c(OC)c1)Cc1cc2cc(C)cc(C)c2[nH]c1=O. The summed E-state index contributed by atoms with van der Waals surface area (Å²) < 4.78 is 18.7. The average molecular weight is 561 g/mol. The van der Waals surface area contributed by atoms with Crippen LogP contribution in [-0.4, -0.2) is 63.6 Å². The normalized spacial score (nSPS) is 16.0. The van der Waals surface area contributed by atoms with Crippen molar-refractivity contribution in [3.05, 3.63) is 74.8 Å². The maximum Gasteiger partial charge on any atom is 0.252 e. The van der Waals surface area contributed by atoms with E-state index in [1.807, 2.05) is 29.8 Å². The lowest BCUT2D eigenvalue weighted by atomic mass is 10.0. The Labute approximate surface area is 240 Å². The van der Waals surface area contributed by atoms with Crippen LogP contribution >= 0.6 is 0 Å². The summed E-state index contributed by atoms with van der Waals surface area (Å²) >= 11 is 0. The molecule has 0 spiro atoms. The lowest BCUT2D eigenvalue weighted by Gasteiger charge is -2.30. The molecule has 1 aliphatic rings. The third-order valence-electron chi connectivity index (χ3n) is 7.97. The summed E-state index contributed by atoms with van der Waals surface area (Å²) in [6.45, 7) is 8.78. The van der Waals surface area contributed by atoms with Crippen LogP contribution in [0.4, 0.5) is 0 Å². The van der Waals surface area contributed by atoms with Crippen molar-refractivity contribution in [1.29, 1.82) is 0 Å². The number of ether oxygens (including phenoxy) is 3. The second-order valence-corrected chi connectivity index (χ2v) is 10.9. The molecule has 10 nitrogen and oxygen atoms in total. The predicted molar refractivity (Wildman–Crippen MR) is 158 cm³/mol. The molecule has 5 rings (SSSR count). The Morgan fingerprint density at radius 3 is 2.71 bits per heavy atom. The van der Waals surface area contributed by atoms with Gasteiger partial charge < -0.3 is 19.2 Å². The number of hydrogen-bond acceptors (Lipinski definition) is 8. The van der Waals surface area contributed by atoms with E-state index < -0.39 is 0 Å². The van der Waals surface area contributed by atoms with Crippen molar-refractivity contribution in [2.24, 2.45) is 0 Å². The van der Waals surface area contributed by atoms with E-state index in [0.717, 1.165) is 65.7 Å². The molecule has 2 aromatic carbocycles. The number of hydrogen-bond donors (Lipinski definition) is 1. The summed E-state index contributed by atoms with van der Waals surface area (Å²) in [4.78, 5) is 18.8. The highest BCUT2D eigenvalue weighted by Crippen LogP contribution is 2.30. The zero-order chi connectivity index (χ0) is 28.9. The van der Waals surface area contributed by atoms with Crippen LogP contribution in [0.3, 0.4) is 0 Å². The lowest BCUT2D eigenvalue weighted by molar-refractivity contribution is 0.0893. The third-order valence-corrected chi connectivity index (χ3v) is 7.97. The molecule has 0 saturated carbocycles. The minimum atomic E-state index is -0.0964. The number of pyridine rings is 1. The Morgan fingerprint density at radius 2 is 1.98 bits per heavy atom. The Balaban J connectivity index is 1.48. The quantitative estimate of drug-likeness (QED) is 0.270. The number of tetrazole rings is 1. The van der Waals surface area contributed by atoms with Crippen LogP contribution in [0, 0.1) is 13.8 Å². The highest BCUT2D eigenvalue weighted by molar-refractivity contribution is 5.82. The van der Waals surface area contributed by atoms with E-state index in [0.29, 0.717) is 36.7 Å². The molecule has 0 amide bonds. The number of H-pyrrole nitrogens is 1. The summed E-state index contributed by atoms with van der Waals surface area (Å²) in [5, 5.41) is 13.9. The van der Waals surface area contributed by atoms with E-state index in [1.54, 1.807) is 14.2 Å². The van der Waals surface area contributed by atoms with Crippen LogP contribution in [0.25, 0.3) is 10.9 Å². The largest absolute Gasteiger partial charge is 0.493 e. The Morgan fingerprint density at radius 1 is 1.15 bits per heavy atom. The Bertz CT molecular complexity index is 1540. The van der Waals surface area contributed by atoms with Crippen LogP contribution in [0.5, 0.6) is 11.5 Å². The number of aromatic nitrogens is 5. The molecule has 1 fully saturated rings. The van der Waals surface area contributed by atoms with Crippen LogP contribution in [-0.2, 0) is 24.2 Å². The van der Waals surface area contributed by atoms with Gasteiger partial charge in [-0.15, -0.1) is 5.10 Å². The second-order valence-electron chi connectivity index (χ2n) is 10.9. The average Bonchev–Trinajstić information content (AvgIpc) is 3.65. The zero-order valence-electron chi connectivity index (χ0n) is 24.6. The molecule has 0 radical (unpaired) electrons. The van der Waals surface area contributed by atoms with Crippen LogP contribution < -0.4 is 15.0 Å². The van der Waals surface area contributed by atoms with Gasteiger partial charge in [0.2, 0.25) is 0 Å². The first-order valence-electron chi connectivity index (χ1n) is 14.4. The van der Waals surface area contributed by atoms with Crippen molar-refractivity contribution in [3.8, 4) is 11.5 Å². The summed E-state index contributed by atoms with van der Waals surface area (Å²) in [6, 6.07) is 12.1. The van der Waals surface area contributed by atoms with Crippen LogP contribution in [0.2, 0.25) is 0 Å². The third kappa shape index (κ3) is 6.44. The van der Waals surface area contributed by atoms with Crippen molar-refractivity contribution in [2.75, 3.05) is 27.4 Å². The van der Waals surface area contributed by atoms with Crippen LogP contribution in [0.1, 0.15) is 60.3 Å². The highest BCUT2D eigenvalue weighted by atomic mass is 16.5. The Hall–Kier alpha value is -3.76. The topological polar surface area (TPSA) is 107 Å². The van der Waals surface area contributed by atoms with Crippen molar-refractivity contribution in [1.82, 2.24) is 30.1 Å². The number of benzene rings is 2. The molecule has 1 aliphatic heterocycles. The van der Waals surface area contributed by atoms with E-state index in [-0.39, 0.29) is 17.7 Å². The standard InChI is InChI=1S/C31H40N6O4/c1-6-26(30-33-34-35-37(30)19-25-8-7-13-41-25)36(12-11-22-9-10-27(39-4)28(16-22)40-5)18-24-17-23-15-20(2)14-21(3)29(23)32-31(24)38/h9-10,14-17,25-26H,6-8,11-13,18-19H2,1-5H3,(H,32,38)/t25-,26+/m1/s1. The lowest BCUT2D eigenvalue weighted by Crippen LogP contribution is -2.34. The first kappa shape index (κ1) is 28.8. The maximum atomic E-state index is 13.4. The van der Waals surface area contributed by atoms with E-state index >= 15 is 0 Å². The number of nitrogens with zero attached hydrogens (tertiary/aromatic N) is 5. The molecule has 0 aliphatic carbocycles. The van der Waals surface area contributed by atoms with Gasteiger partial charge in [-0.25, -0.2) is 4.68 Å². The van der Waals surface area contributed by atoms with Crippen molar-refractivity contribution >= 4 is 10.9 Å². The second kappa shape index (κ2) is 12.8. The summed E-state index contributed by atoms with van der Waals surface area (Å²) in [5.41, 5.74) is 4.86. The Kier molecular flexibility index (Phi) is 8.99. The number of rotatable bonds is 12. The van der Waals surface area contributed by atoms with Gasteiger partial charge in [-0.3, -0.25) is 9.69 Å². The molecule has 218 valence electrons. The van der Waals surface area contributed by atoms with Gasteiger partial charge in [-0.05, 0) is 90.7 Å². The molecule has 2 atom stereocenters. The minimum absolute atomic E-state index is 0.0747. The van der Waals surface area contributed by atoms with Crippen LogP contribution in [0.15, 0.2) is 41.2 Å². The molecule has 2 aromatic heterocycles. The van der Waals surface area contributed by atoms with Gasteiger partial charge in [-0.1, -0.05) is 24.6 Å². The molecule has 4 aromatic rings. The molecule has 1 N–H and O–H groups in total. The fourth-order valence-electron chi connectivity index (χ4n) is 5.89. The fourth-order valence-corrected chi connectivity index (χ4v) is 5.89. The molecule has 3 heterocycles. The molecule has 1 saturated heterocycles. The number of nitrogens with one attached hydrogen (secondary N) is 1. The maximum absolute atomic E-state index is 13.4. The smallest absolute Gasteiger partial charge is 0.252 e. The molecule has 0 bridgehead atoms. The number of fused-ring (bicyclic) bond motifs is 1. The fraction of sp³-hybridized carbons (Fsp3) is 0.484. The number of aromatic amines is 1. The molecule has 0 unspecified atom stereocenters. The van der Waals surface area contributed by atoms with Gasteiger partial charge in [0.25, 0.3) is 5.56 Å². The van der Waals surface area contributed by atoms with Gasteiger partial charge in [0.1, 0.15) is 0 Å². The first-order chi connectivity index (χ1) is 19.9. The molecular formula is C31H40N6O4. The van der Waals surface area contributed by atoms with E-state index in [2.05, 4.69) is 57.5 Å². The van der Waals surface area contributed by atoms with Crippen molar-refractivity contribution in [3.63, 3.8) is 0 Å². The first-order valence-corrected chi connectivity index (χ1v) is 14.4. The van der Waals surface area contributed by atoms with Crippen molar-refractivity contribution in [2.45, 2.75) is 71.7 Å². The number of methoxy groups -OCH3 is 2. The van der Waals surface area contributed by atoms with Gasteiger partial charge >= 0.3 is 0 Å². The van der Waals surface area contributed by atoms with Gasteiger partial charge in [0.05, 0.1) is 38.4 Å². The summed E-state index contributed by atoms with van der Waals surface area (Å²) in [7, 11) is 3.28. The molecule has 10 heteroatoms. The monoisotopic (exact) mass is 560 g/mol. The summed E-state index contributed by atoms with van der Waals surface area (Å²) in [6.07, 6.45) is 3.70. The predicted octanol–water partition coefficient (Wildman–Crippen LogP) is 4.52. The van der Waals surface area contributed by atoms with E-state index in [1.165, 1.54) is 0 Å².